The zero-order chi connectivity index (χ0) is 23.7. The van der Waals surface area contributed by atoms with E-state index in [2.05, 4.69) is 5.32 Å². The molecule has 8 heteroatoms. The normalized spacial score (nSPS) is 16.3. The SMILES string of the molecule is O=C(NCCN1C(=O)S/C(=C\c2ccc(F)cc2)C1=O)C1c2ccccc2Oc2ccccc21. The number of nitrogens with zero attached hydrogens (tertiary/aromatic N) is 1. The number of carbonyl (C=O) groups excluding carboxylic acids is 3. The van der Waals surface area contributed by atoms with Crippen LogP contribution in [0.15, 0.2) is 77.7 Å². The first-order valence-corrected chi connectivity index (χ1v) is 11.5. The van der Waals surface area contributed by atoms with Crippen LogP contribution in [-0.4, -0.2) is 35.0 Å². The van der Waals surface area contributed by atoms with E-state index in [0.29, 0.717) is 17.1 Å². The van der Waals surface area contributed by atoms with Gasteiger partial charge in [-0.1, -0.05) is 48.5 Å². The van der Waals surface area contributed by atoms with Gasteiger partial charge in [0.15, 0.2) is 0 Å². The number of carbonyl (C=O) groups is 3. The fourth-order valence-electron chi connectivity index (χ4n) is 3.99. The summed E-state index contributed by atoms with van der Waals surface area (Å²) in [7, 11) is 0. The molecule has 2 aliphatic heterocycles. The molecule has 1 fully saturated rings. The van der Waals surface area contributed by atoms with Crippen LogP contribution >= 0.6 is 11.8 Å². The predicted molar refractivity (Wildman–Crippen MR) is 127 cm³/mol. The third kappa shape index (κ3) is 4.20. The minimum Gasteiger partial charge on any atom is -0.457 e. The van der Waals surface area contributed by atoms with Gasteiger partial charge in [-0.2, -0.15) is 0 Å². The second kappa shape index (κ2) is 9.15. The number of hydrogen-bond acceptors (Lipinski definition) is 5. The van der Waals surface area contributed by atoms with Gasteiger partial charge in [-0.05, 0) is 47.7 Å². The summed E-state index contributed by atoms with van der Waals surface area (Å²) in [5.74, 6) is -0.367. The van der Waals surface area contributed by atoms with Crippen molar-refractivity contribution in [1.29, 1.82) is 0 Å². The lowest BCUT2D eigenvalue weighted by Gasteiger charge is -2.27. The summed E-state index contributed by atoms with van der Waals surface area (Å²) in [5, 5.41) is 2.45. The summed E-state index contributed by atoms with van der Waals surface area (Å²) in [4.78, 5) is 39.6. The number of halogens is 1. The molecule has 0 aliphatic carbocycles. The third-order valence-electron chi connectivity index (χ3n) is 5.62. The molecule has 0 aromatic heterocycles. The van der Waals surface area contributed by atoms with Gasteiger partial charge in [0.2, 0.25) is 5.91 Å². The van der Waals surface area contributed by atoms with Gasteiger partial charge in [-0.15, -0.1) is 0 Å². The van der Waals surface area contributed by atoms with Crippen molar-refractivity contribution in [2.45, 2.75) is 5.92 Å². The van der Waals surface area contributed by atoms with E-state index in [1.807, 2.05) is 48.5 Å². The van der Waals surface area contributed by atoms with E-state index in [0.717, 1.165) is 27.8 Å². The highest BCUT2D eigenvalue weighted by Crippen LogP contribution is 2.43. The second-order valence-corrected chi connectivity index (χ2v) is 8.78. The van der Waals surface area contributed by atoms with E-state index in [9.17, 15) is 18.8 Å². The summed E-state index contributed by atoms with van der Waals surface area (Å²) in [6.45, 7) is 0.159. The van der Waals surface area contributed by atoms with Gasteiger partial charge >= 0.3 is 0 Å². The summed E-state index contributed by atoms with van der Waals surface area (Å²) < 4.78 is 19.0. The lowest BCUT2D eigenvalue weighted by Crippen LogP contribution is -2.39. The average Bonchev–Trinajstić information content (AvgIpc) is 3.11. The molecule has 1 saturated heterocycles. The highest BCUT2D eigenvalue weighted by molar-refractivity contribution is 8.18. The van der Waals surface area contributed by atoms with Crippen molar-refractivity contribution >= 4 is 34.9 Å². The Labute approximate surface area is 199 Å². The quantitative estimate of drug-likeness (QED) is 0.532. The van der Waals surface area contributed by atoms with Gasteiger partial charge < -0.3 is 10.1 Å². The van der Waals surface area contributed by atoms with Gasteiger partial charge in [-0.3, -0.25) is 19.3 Å². The Balaban J connectivity index is 1.27. The first-order valence-electron chi connectivity index (χ1n) is 10.7. The molecule has 6 nitrogen and oxygen atoms in total. The molecule has 5 rings (SSSR count). The number of rotatable bonds is 5. The molecule has 0 radical (unpaired) electrons. The molecule has 0 bridgehead atoms. The van der Waals surface area contributed by atoms with Crippen molar-refractivity contribution in [3.63, 3.8) is 0 Å². The van der Waals surface area contributed by atoms with Crippen molar-refractivity contribution in [3.05, 3.63) is 100 Å². The van der Waals surface area contributed by atoms with Crippen LogP contribution in [-0.2, 0) is 9.59 Å². The molecule has 3 amide bonds. The van der Waals surface area contributed by atoms with Crippen molar-refractivity contribution in [1.82, 2.24) is 10.2 Å². The molecule has 170 valence electrons. The maximum atomic E-state index is 13.2. The Hall–Kier alpha value is -3.91. The van der Waals surface area contributed by atoms with E-state index >= 15 is 0 Å². The molecule has 0 spiro atoms. The Morgan fingerprint density at radius 3 is 2.24 bits per heavy atom. The molecule has 2 aliphatic rings. The Kier molecular flexibility index (Phi) is 5.90. The number of thioether (sulfide) groups is 1. The average molecular weight is 475 g/mol. The van der Waals surface area contributed by atoms with Gasteiger partial charge in [0.05, 0.1) is 10.8 Å². The van der Waals surface area contributed by atoms with E-state index < -0.39 is 17.1 Å². The second-order valence-electron chi connectivity index (χ2n) is 7.79. The van der Waals surface area contributed by atoms with Crippen molar-refractivity contribution < 1.29 is 23.5 Å². The number of para-hydroxylation sites is 2. The lowest BCUT2D eigenvalue weighted by atomic mass is 9.87. The summed E-state index contributed by atoms with van der Waals surface area (Å²) in [6, 6.07) is 20.4. The van der Waals surface area contributed by atoms with Crippen LogP contribution in [0.2, 0.25) is 0 Å². The smallest absolute Gasteiger partial charge is 0.293 e. The highest BCUT2D eigenvalue weighted by atomic mass is 32.2. The summed E-state index contributed by atoms with van der Waals surface area (Å²) >= 11 is 0.825. The molecular weight excluding hydrogens is 455 g/mol. The zero-order valence-corrected chi connectivity index (χ0v) is 18.7. The standard InChI is InChI=1S/C26H19FN2O4S/c27-17-11-9-16(10-12-17)15-22-25(31)29(26(32)34-22)14-13-28-24(30)23-18-5-1-3-7-20(18)33-21-8-4-2-6-19(21)23/h1-12,15,23H,13-14H2,(H,28,30)/b22-15-. The largest absolute Gasteiger partial charge is 0.457 e. The first-order chi connectivity index (χ1) is 16.5. The number of benzene rings is 3. The first kappa shape index (κ1) is 21.9. The van der Waals surface area contributed by atoms with Gasteiger partial charge in [-0.25, -0.2) is 4.39 Å². The minimum atomic E-state index is -0.561. The van der Waals surface area contributed by atoms with Crippen LogP contribution < -0.4 is 10.1 Å². The van der Waals surface area contributed by atoms with Crippen molar-refractivity contribution in [2.24, 2.45) is 0 Å². The highest BCUT2D eigenvalue weighted by Gasteiger charge is 2.36. The van der Waals surface area contributed by atoms with Crippen LogP contribution in [0.1, 0.15) is 22.6 Å². The van der Waals surface area contributed by atoms with E-state index in [1.54, 1.807) is 6.08 Å². The van der Waals surface area contributed by atoms with E-state index in [4.69, 9.17) is 4.74 Å². The summed E-state index contributed by atoms with van der Waals surface area (Å²) in [6.07, 6.45) is 1.55. The molecule has 0 atom stereocenters. The van der Waals surface area contributed by atoms with Crippen molar-refractivity contribution in [3.8, 4) is 11.5 Å². The molecule has 1 N–H and O–H groups in total. The van der Waals surface area contributed by atoms with Crippen LogP contribution in [0.3, 0.4) is 0 Å². The van der Waals surface area contributed by atoms with Gasteiger partial charge in [0, 0.05) is 24.2 Å². The van der Waals surface area contributed by atoms with Crippen molar-refractivity contribution in [2.75, 3.05) is 13.1 Å². The van der Waals surface area contributed by atoms with Crippen LogP contribution in [0.4, 0.5) is 9.18 Å². The molecule has 3 aromatic rings. The number of fused-ring (bicyclic) bond motifs is 2. The minimum absolute atomic E-state index is 0.0453. The Morgan fingerprint density at radius 1 is 0.971 bits per heavy atom. The lowest BCUT2D eigenvalue weighted by molar-refractivity contribution is -0.124. The zero-order valence-electron chi connectivity index (χ0n) is 17.9. The van der Waals surface area contributed by atoms with Crippen LogP contribution in [0.25, 0.3) is 6.08 Å². The number of imide groups is 1. The van der Waals surface area contributed by atoms with Gasteiger partial charge in [0.1, 0.15) is 17.3 Å². The van der Waals surface area contributed by atoms with Gasteiger partial charge in [0.25, 0.3) is 11.1 Å². The fourth-order valence-corrected chi connectivity index (χ4v) is 4.85. The predicted octanol–water partition coefficient (Wildman–Crippen LogP) is 4.92. The maximum Gasteiger partial charge on any atom is 0.293 e. The molecule has 3 aromatic carbocycles. The Morgan fingerprint density at radius 2 is 1.59 bits per heavy atom. The number of nitrogens with one attached hydrogen (secondary N) is 1. The maximum absolute atomic E-state index is 13.2. The van der Waals surface area contributed by atoms with E-state index in [1.165, 1.54) is 24.3 Å². The Bertz CT molecular complexity index is 1280. The molecule has 0 unspecified atom stereocenters. The number of amides is 3. The summed E-state index contributed by atoms with van der Waals surface area (Å²) in [5.41, 5.74) is 2.14. The molecule has 34 heavy (non-hydrogen) atoms. The topological polar surface area (TPSA) is 75.7 Å². The van der Waals surface area contributed by atoms with Crippen LogP contribution in [0.5, 0.6) is 11.5 Å². The molecular formula is C26H19FN2O4S. The number of hydrogen-bond donors (Lipinski definition) is 1. The number of ether oxygens (including phenoxy) is 1. The monoisotopic (exact) mass is 474 g/mol. The molecule has 2 heterocycles. The third-order valence-corrected chi connectivity index (χ3v) is 6.53. The van der Waals surface area contributed by atoms with Crippen LogP contribution in [0, 0.1) is 5.82 Å². The fraction of sp³-hybridized carbons (Fsp3) is 0.115. The van der Waals surface area contributed by atoms with E-state index in [-0.39, 0.29) is 29.7 Å². The molecule has 0 saturated carbocycles.